The Morgan fingerprint density at radius 2 is 1.69 bits per heavy atom. The topological polar surface area (TPSA) is 36.1 Å². The first-order valence-electron chi connectivity index (χ1n) is 9.29. The van der Waals surface area contributed by atoms with Crippen molar-refractivity contribution in [3.63, 3.8) is 0 Å². The van der Waals surface area contributed by atoms with Crippen molar-refractivity contribution >= 4 is 40.8 Å². The Morgan fingerprint density at radius 3 is 2.38 bits per heavy atom. The van der Waals surface area contributed by atoms with Gasteiger partial charge in [-0.15, -0.1) is 12.4 Å². The summed E-state index contributed by atoms with van der Waals surface area (Å²) in [7, 11) is 2.12. The van der Waals surface area contributed by atoms with Gasteiger partial charge >= 0.3 is 0 Å². The van der Waals surface area contributed by atoms with Crippen molar-refractivity contribution in [1.82, 2.24) is 4.98 Å². The Bertz CT molecular complexity index is 1150. The van der Waals surface area contributed by atoms with E-state index in [-0.39, 0.29) is 36.0 Å². The zero-order chi connectivity index (χ0) is 19.3. The zero-order valence-corrected chi connectivity index (χ0v) is 18.9. The Morgan fingerprint density at radius 1 is 1.00 bits per heavy atom. The molecule has 0 saturated carbocycles. The summed E-state index contributed by atoms with van der Waals surface area (Å²) >= 11 is 0. The summed E-state index contributed by atoms with van der Waals surface area (Å²) in [5.41, 5.74) is 7.35. The molecule has 0 aliphatic carbocycles. The van der Waals surface area contributed by atoms with E-state index in [2.05, 4.69) is 61.7 Å². The van der Waals surface area contributed by atoms with E-state index in [0.717, 1.165) is 16.6 Å². The van der Waals surface area contributed by atoms with Gasteiger partial charge in [-0.05, 0) is 39.8 Å². The molecule has 29 heavy (non-hydrogen) atoms. The highest BCUT2D eigenvalue weighted by molar-refractivity contribution is 6.06. The van der Waals surface area contributed by atoms with E-state index in [0.29, 0.717) is 5.52 Å². The second-order valence-electron chi connectivity index (χ2n) is 7.90. The van der Waals surface area contributed by atoms with E-state index >= 15 is 0 Å². The van der Waals surface area contributed by atoms with Crippen LogP contribution in [0.15, 0.2) is 48.5 Å². The molecule has 0 fully saturated rings. The van der Waals surface area contributed by atoms with Crippen LogP contribution in [0.25, 0.3) is 17.0 Å². The third kappa shape index (κ3) is 3.65. The third-order valence-corrected chi connectivity index (χ3v) is 5.67. The van der Waals surface area contributed by atoms with Crippen LogP contribution in [0.5, 0.6) is 5.75 Å². The maximum Gasteiger partial charge on any atom is 0.212 e. The zero-order valence-electron chi connectivity index (χ0n) is 17.3. The van der Waals surface area contributed by atoms with Gasteiger partial charge in [-0.1, -0.05) is 36.4 Å². The highest BCUT2D eigenvalue weighted by Crippen LogP contribution is 2.41. The summed E-state index contributed by atoms with van der Waals surface area (Å²) in [5.74, 6) is 0.236. The molecule has 1 aliphatic heterocycles. The Labute approximate surface area is 184 Å². The van der Waals surface area contributed by atoms with E-state index in [4.69, 9.17) is 0 Å². The standard InChI is InChI=1S/C24H24N2O.2ClH/c1-15-7-6-8-19-22(15)26(5)20(24(19,3)4)14-13-18-12-11-17-10-9-16(2)25-21(17)23(18)27;;/h6-14H,1-5H3;2*1H. The predicted octanol–water partition coefficient (Wildman–Crippen LogP) is 2.70. The summed E-state index contributed by atoms with van der Waals surface area (Å²) in [6.07, 6.45) is 4.11. The SMILES string of the molecule is Cc1ccc2ccc(/C=C/C3=[N+](C)c4c(C)cccc4C3(C)C)c(O)c2n1.Cl.[Cl-]. The molecular formula is C24H26Cl2N2O. The largest absolute Gasteiger partial charge is 1.00 e. The minimum atomic E-state index is -0.0894. The highest BCUT2D eigenvalue weighted by atomic mass is 35.5. The monoisotopic (exact) mass is 428 g/mol. The number of hydrogen-bond donors (Lipinski definition) is 1. The Kier molecular flexibility index (Phi) is 6.46. The molecule has 1 N–H and O–H groups in total. The second kappa shape index (κ2) is 8.17. The average Bonchev–Trinajstić information content (AvgIpc) is 2.82. The summed E-state index contributed by atoms with van der Waals surface area (Å²) in [5, 5.41) is 11.7. The minimum absolute atomic E-state index is 0. The molecule has 1 aromatic heterocycles. The molecule has 3 nitrogen and oxygen atoms in total. The lowest BCUT2D eigenvalue weighted by molar-refractivity contribution is -0.402. The number of nitrogens with zero attached hydrogens (tertiary/aromatic N) is 2. The molecule has 3 aromatic rings. The quantitative estimate of drug-likeness (QED) is 0.636. The predicted molar refractivity (Wildman–Crippen MR) is 119 cm³/mol. The summed E-state index contributed by atoms with van der Waals surface area (Å²) < 4.78 is 2.27. The number of phenols is 1. The molecule has 0 spiro atoms. The normalized spacial score (nSPS) is 14.7. The molecule has 2 heterocycles. The van der Waals surface area contributed by atoms with Gasteiger partial charge in [0.2, 0.25) is 5.69 Å². The second-order valence-corrected chi connectivity index (χ2v) is 7.90. The van der Waals surface area contributed by atoms with Crippen LogP contribution < -0.4 is 12.4 Å². The molecule has 4 rings (SSSR count). The van der Waals surface area contributed by atoms with Crippen molar-refractivity contribution in [3.05, 3.63) is 70.9 Å². The molecule has 2 aromatic carbocycles. The molecule has 0 amide bonds. The van der Waals surface area contributed by atoms with Crippen molar-refractivity contribution in [2.75, 3.05) is 7.05 Å². The van der Waals surface area contributed by atoms with Gasteiger partial charge in [0.25, 0.3) is 0 Å². The van der Waals surface area contributed by atoms with E-state index in [1.807, 2.05) is 37.3 Å². The van der Waals surface area contributed by atoms with Crippen LogP contribution in [0.1, 0.15) is 36.2 Å². The number of benzene rings is 2. The van der Waals surface area contributed by atoms with Crippen LogP contribution in [0.2, 0.25) is 0 Å². The number of aromatic hydroxyl groups is 1. The lowest BCUT2D eigenvalue weighted by atomic mass is 9.81. The Balaban J connectivity index is 0.00000150. The van der Waals surface area contributed by atoms with E-state index in [1.54, 1.807) is 0 Å². The first-order valence-corrected chi connectivity index (χ1v) is 9.29. The van der Waals surface area contributed by atoms with Crippen LogP contribution in [-0.2, 0) is 5.41 Å². The van der Waals surface area contributed by atoms with Crippen LogP contribution in [0, 0.1) is 13.8 Å². The van der Waals surface area contributed by atoms with Crippen molar-refractivity contribution in [1.29, 1.82) is 0 Å². The van der Waals surface area contributed by atoms with E-state index in [1.165, 1.54) is 22.5 Å². The van der Waals surface area contributed by atoms with Gasteiger partial charge in [0, 0.05) is 33.8 Å². The van der Waals surface area contributed by atoms with E-state index in [9.17, 15) is 5.11 Å². The number of para-hydroxylation sites is 1. The minimum Gasteiger partial charge on any atom is -1.00 e. The fourth-order valence-electron chi connectivity index (χ4n) is 4.20. The molecule has 152 valence electrons. The Hall–Kier alpha value is -2.36. The average molecular weight is 429 g/mol. The molecule has 0 unspecified atom stereocenters. The molecule has 0 atom stereocenters. The van der Waals surface area contributed by atoms with Crippen molar-refractivity contribution in [2.24, 2.45) is 0 Å². The number of allylic oxidation sites excluding steroid dienone is 1. The molecule has 0 radical (unpaired) electrons. The van der Waals surface area contributed by atoms with Gasteiger partial charge in [0.15, 0.2) is 5.71 Å². The summed E-state index contributed by atoms with van der Waals surface area (Å²) in [6, 6.07) is 14.4. The fourth-order valence-corrected chi connectivity index (χ4v) is 4.20. The number of hydrogen-bond acceptors (Lipinski definition) is 2. The van der Waals surface area contributed by atoms with Crippen LogP contribution in [0.4, 0.5) is 5.69 Å². The number of aromatic nitrogens is 1. The van der Waals surface area contributed by atoms with Crippen LogP contribution >= 0.6 is 12.4 Å². The number of aryl methyl sites for hydroxylation is 2. The molecule has 0 saturated heterocycles. The maximum atomic E-state index is 10.7. The maximum absolute atomic E-state index is 10.7. The fraction of sp³-hybridized carbons (Fsp3) is 0.250. The van der Waals surface area contributed by atoms with Gasteiger partial charge in [-0.3, -0.25) is 0 Å². The van der Waals surface area contributed by atoms with E-state index < -0.39 is 0 Å². The number of fused-ring (bicyclic) bond motifs is 2. The first kappa shape index (κ1) is 22.9. The number of halogens is 2. The summed E-state index contributed by atoms with van der Waals surface area (Å²) in [4.78, 5) is 4.50. The lowest BCUT2D eigenvalue weighted by Gasteiger charge is -2.15. The van der Waals surface area contributed by atoms with Crippen molar-refractivity contribution in [2.45, 2.75) is 33.1 Å². The molecule has 1 aliphatic rings. The number of rotatable bonds is 2. The van der Waals surface area contributed by atoms with Crippen molar-refractivity contribution < 1.29 is 22.1 Å². The number of phenolic OH excluding ortho intramolecular Hbond substituents is 1. The van der Waals surface area contributed by atoms with Gasteiger partial charge in [0.1, 0.15) is 18.3 Å². The van der Waals surface area contributed by atoms with Gasteiger partial charge in [0.05, 0.1) is 5.41 Å². The highest BCUT2D eigenvalue weighted by Gasteiger charge is 2.43. The summed E-state index contributed by atoms with van der Waals surface area (Å²) in [6.45, 7) is 8.59. The first-order chi connectivity index (χ1) is 12.8. The van der Waals surface area contributed by atoms with Gasteiger partial charge in [-0.2, -0.15) is 4.58 Å². The number of pyridine rings is 1. The molecule has 5 heteroatoms. The van der Waals surface area contributed by atoms with Gasteiger partial charge < -0.3 is 17.5 Å². The van der Waals surface area contributed by atoms with Crippen LogP contribution in [-0.4, -0.2) is 27.4 Å². The third-order valence-electron chi connectivity index (χ3n) is 5.67. The molecule has 0 bridgehead atoms. The smallest absolute Gasteiger partial charge is 0.212 e. The van der Waals surface area contributed by atoms with Crippen LogP contribution in [0.3, 0.4) is 0 Å². The molecular weight excluding hydrogens is 403 g/mol. The van der Waals surface area contributed by atoms with Crippen molar-refractivity contribution in [3.8, 4) is 5.75 Å². The van der Waals surface area contributed by atoms with Gasteiger partial charge in [-0.25, -0.2) is 4.98 Å². The lowest BCUT2D eigenvalue weighted by Crippen LogP contribution is -3.00.